The Hall–Kier alpha value is -1.36. The molecule has 0 aliphatic heterocycles. The topological polar surface area (TPSA) is 58.3 Å². The van der Waals surface area contributed by atoms with Crippen molar-refractivity contribution in [2.24, 2.45) is 5.73 Å². The number of aromatic nitrogens is 2. The van der Waals surface area contributed by atoms with Gasteiger partial charge in [0, 0.05) is 38.8 Å². The second-order valence-electron chi connectivity index (χ2n) is 4.50. The molecule has 0 spiro atoms. The Balaban J connectivity index is 3.07. The zero-order valence-corrected chi connectivity index (χ0v) is 12.1. The van der Waals surface area contributed by atoms with E-state index < -0.39 is 0 Å². The number of nitrogens with zero attached hydrogens (tertiary/aromatic N) is 4. The summed E-state index contributed by atoms with van der Waals surface area (Å²) in [7, 11) is 2.02. The second-order valence-corrected chi connectivity index (χ2v) is 4.50. The fourth-order valence-electron chi connectivity index (χ4n) is 1.81. The van der Waals surface area contributed by atoms with Gasteiger partial charge in [0.25, 0.3) is 0 Å². The van der Waals surface area contributed by atoms with Gasteiger partial charge in [-0.3, -0.25) is 0 Å². The average Bonchev–Trinajstić information content (AvgIpc) is 2.37. The molecule has 0 saturated carbocycles. The molecule has 18 heavy (non-hydrogen) atoms. The van der Waals surface area contributed by atoms with E-state index in [1.165, 1.54) is 0 Å². The number of hydrogen-bond donors (Lipinski definition) is 1. The van der Waals surface area contributed by atoms with Crippen molar-refractivity contribution in [3.63, 3.8) is 0 Å². The Bertz CT molecular complexity index is 376. The molecule has 0 amide bonds. The molecule has 0 bridgehead atoms. The lowest BCUT2D eigenvalue weighted by Crippen LogP contribution is -2.36. The summed E-state index contributed by atoms with van der Waals surface area (Å²) in [6, 6.07) is 2.30. The molecule has 0 saturated heterocycles. The van der Waals surface area contributed by atoms with Crippen molar-refractivity contribution >= 4 is 11.6 Å². The third-order valence-corrected chi connectivity index (χ3v) is 3.26. The number of rotatable bonds is 6. The third kappa shape index (κ3) is 3.32. The lowest BCUT2D eigenvalue weighted by Gasteiger charge is -2.27. The molecule has 1 aromatic rings. The summed E-state index contributed by atoms with van der Waals surface area (Å²) in [5, 5.41) is 0. The molecule has 5 heteroatoms. The van der Waals surface area contributed by atoms with Crippen LogP contribution in [0, 0.1) is 6.92 Å². The number of hydrogen-bond acceptors (Lipinski definition) is 5. The van der Waals surface area contributed by atoms with E-state index in [-0.39, 0.29) is 6.04 Å². The summed E-state index contributed by atoms with van der Waals surface area (Å²) in [4.78, 5) is 13.3. The highest BCUT2D eigenvalue weighted by molar-refractivity contribution is 5.51. The Morgan fingerprint density at radius 1 is 1.22 bits per heavy atom. The average molecular weight is 251 g/mol. The predicted molar refractivity (Wildman–Crippen MR) is 77.2 cm³/mol. The molecule has 102 valence electrons. The maximum atomic E-state index is 5.70. The Labute approximate surface area is 110 Å². The van der Waals surface area contributed by atoms with E-state index in [0.29, 0.717) is 6.54 Å². The molecule has 0 aromatic carbocycles. The van der Waals surface area contributed by atoms with E-state index in [4.69, 9.17) is 5.73 Å². The van der Waals surface area contributed by atoms with Gasteiger partial charge >= 0.3 is 0 Å². The van der Waals surface area contributed by atoms with Crippen LogP contribution in [-0.2, 0) is 0 Å². The van der Waals surface area contributed by atoms with Crippen LogP contribution in [0.5, 0.6) is 0 Å². The van der Waals surface area contributed by atoms with Crippen LogP contribution >= 0.6 is 0 Å². The molecule has 0 radical (unpaired) electrons. The molecule has 1 heterocycles. The van der Waals surface area contributed by atoms with Crippen LogP contribution in [0.3, 0.4) is 0 Å². The largest absolute Gasteiger partial charge is 0.357 e. The first kappa shape index (κ1) is 14.7. The van der Waals surface area contributed by atoms with Gasteiger partial charge in [-0.2, -0.15) is 0 Å². The molecule has 0 aliphatic rings. The van der Waals surface area contributed by atoms with Gasteiger partial charge in [-0.05, 0) is 27.7 Å². The summed E-state index contributed by atoms with van der Waals surface area (Å²) in [6.45, 7) is 10.8. The van der Waals surface area contributed by atoms with Gasteiger partial charge in [0.05, 0.1) is 0 Å². The van der Waals surface area contributed by atoms with E-state index in [1.807, 2.05) is 20.0 Å². The van der Waals surface area contributed by atoms with Gasteiger partial charge < -0.3 is 15.5 Å². The number of aryl methyl sites for hydroxylation is 1. The fraction of sp³-hybridized carbons (Fsp3) is 0.692. The minimum Gasteiger partial charge on any atom is -0.357 e. The van der Waals surface area contributed by atoms with E-state index in [1.54, 1.807) is 0 Å². The maximum Gasteiger partial charge on any atom is 0.134 e. The van der Waals surface area contributed by atoms with E-state index in [2.05, 4.69) is 40.5 Å². The van der Waals surface area contributed by atoms with Crippen molar-refractivity contribution in [1.82, 2.24) is 9.97 Å². The third-order valence-electron chi connectivity index (χ3n) is 3.26. The van der Waals surface area contributed by atoms with Crippen LogP contribution in [0.4, 0.5) is 11.6 Å². The first-order valence-electron chi connectivity index (χ1n) is 6.56. The van der Waals surface area contributed by atoms with Crippen LogP contribution in [0.25, 0.3) is 0 Å². The summed E-state index contributed by atoms with van der Waals surface area (Å²) in [5.74, 6) is 2.71. The van der Waals surface area contributed by atoms with Crippen molar-refractivity contribution in [3.8, 4) is 0 Å². The van der Waals surface area contributed by atoms with Gasteiger partial charge in [-0.25, -0.2) is 9.97 Å². The van der Waals surface area contributed by atoms with Gasteiger partial charge in [0.2, 0.25) is 0 Å². The quantitative estimate of drug-likeness (QED) is 0.828. The van der Waals surface area contributed by atoms with Crippen LogP contribution < -0.4 is 15.5 Å². The normalized spacial score (nSPS) is 12.3. The van der Waals surface area contributed by atoms with Gasteiger partial charge in [0.15, 0.2) is 0 Å². The van der Waals surface area contributed by atoms with Crippen LogP contribution in [0.1, 0.15) is 26.6 Å². The number of nitrogens with two attached hydrogens (primary N) is 1. The van der Waals surface area contributed by atoms with Crippen LogP contribution in [-0.4, -0.2) is 42.7 Å². The molecule has 0 fully saturated rings. The Kier molecular flexibility index (Phi) is 5.34. The Morgan fingerprint density at radius 3 is 2.28 bits per heavy atom. The summed E-state index contributed by atoms with van der Waals surface area (Å²) in [5.41, 5.74) is 5.70. The zero-order chi connectivity index (χ0) is 13.7. The maximum absolute atomic E-state index is 5.70. The van der Waals surface area contributed by atoms with Crippen molar-refractivity contribution in [2.75, 3.05) is 36.5 Å². The van der Waals surface area contributed by atoms with Gasteiger partial charge in [0.1, 0.15) is 17.5 Å². The zero-order valence-electron chi connectivity index (χ0n) is 12.1. The highest BCUT2D eigenvalue weighted by Crippen LogP contribution is 2.19. The molecular formula is C13H25N5. The standard InChI is InChI=1S/C13H25N5/c1-6-18(7-2)13-8-12(15-11(4)16-13)17(5)10(3)9-14/h8,10H,6-7,9,14H2,1-5H3. The molecule has 1 aromatic heterocycles. The highest BCUT2D eigenvalue weighted by atomic mass is 15.2. The van der Waals surface area contributed by atoms with Gasteiger partial charge in [-0.15, -0.1) is 0 Å². The van der Waals surface area contributed by atoms with Crippen LogP contribution in [0.15, 0.2) is 6.07 Å². The van der Waals surface area contributed by atoms with Crippen molar-refractivity contribution < 1.29 is 0 Å². The van der Waals surface area contributed by atoms with Crippen molar-refractivity contribution in [2.45, 2.75) is 33.7 Å². The molecule has 2 N–H and O–H groups in total. The lowest BCUT2D eigenvalue weighted by atomic mass is 10.3. The second kappa shape index (κ2) is 6.54. The first-order chi connectivity index (χ1) is 8.53. The molecule has 1 rings (SSSR count). The molecule has 0 aliphatic carbocycles. The van der Waals surface area contributed by atoms with Crippen molar-refractivity contribution in [3.05, 3.63) is 11.9 Å². The SMILES string of the molecule is CCN(CC)c1cc(N(C)C(C)CN)nc(C)n1. The molecular weight excluding hydrogens is 226 g/mol. The van der Waals surface area contributed by atoms with E-state index in [9.17, 15) is 0 Å². The Morgan fingerprint density at radius 2 is 1.78 bits per heavy atom. The van der Waals surface area contributed by atoms with E-state index >= 15 is 0 Å². The summed E-state index contributed by atoms with van der Waals surface area (Å²) >= 11 is 0. The molecule has 1 unspecified atom stereocenters. The number of likely N-dealkylation sites (N-methyl/N-ethyl adjacent to an activating group) is 1. The fourth-order valence-corrected chi connectivity index (χ4v) is 1.81. The van der Waals surface area contributed by atoms with Gasteiger partial charge in [-0.1, -0.05) is 0 Å². The first-order valence-corrected chi connectivity index (χ1v) is 6.56. The smallest absolute Gasteiger partial charge is 0.134 e. The summed E-state index contributed by atoms with van der Waals surface area (Å²) < 4.78 is 0. The van der Waals surface area contributed by atoms with Crippen LogP contribution in [0.2, 0.25) is 0 Å². The molecule has 5 nitrogen and oxygen atoms in total. The van der Waals surface area contributed by atoms with Crippen molar-refractivity contribution in [1.29, 1.82) is 0 Å². The highest BCUT2D eigenvalue weighted by Gasteiger charge is 2.13. The van der Waals surface area contributed by atoms with E-state index in [0.717, 1.165) is 30.5 Å². The minimum atomic E-state index is 0.267. The predicted octanol–water partition coefficient (Wildman–Crippen LogP) is 1.41. The minimum absolute atomic E-state index is 0.267. The number of anilines is 2. The molecule has 1 atom stereocenters. The lowest BCUT2D eigenvalue weighted by molar-refractivity contribution is 0.684. The summed E-state index contributed by atoms with van der Waals surface area (Å²) in [6.07, 6.45) is 0. The monoisotopic (exact) mass is 251 g/mol.